The molecule has 0 radical (unpaired) electrons. The number of nitrogens with zero attached hydrogens (tertiary/aromatic N) is 7. The molecule has 4 atom stereocenters. The number of anilines is 1. The highest BCUT2D eigenvalue weighted by molar-refractivity contribution is 5.97. The van der Waals surface area contributed by atoms with Crippen LogP contribution in [0, 0.1) is 23.2 Å². The zero-order valence-corrected chi connectivity index (χ0v) is 44.7. The van der Waals surface area contributed by atoms with Crippen LogP contribution in [0.15, 0.2) is 36.5 Å². The number of rotatable bonds is 9. The maximum Gasteiger partial charge on any atom is 0.324 e. The number of nitrogens with one attached hydrogen (secondary N) is 2. The molecule has 4 aliphatic heterocycles. The molecule has 392 valence electrons. The van der Waals surface area contributed by atoms with Crippen molar-refractivity contribution in [1.29, 1.82) is 0 Å². The number of piperidine rings is 1. The van der Waals surface area contributed by atoms with Crippen LogP contribution in [0.4, 0.5) is 10.1 Å². The summed E-state index contributed by atoms with van der Waals surface area (Å²) in [5, 5.41) is 5.48. The van der Waals surface area contributed by atoms with E-state index in [1.165, 1.54) is 17.0 Å². The highest BCUT2D eigenvalue weighted by Gasteiger charge is 2.48. The van der Waals surface area contributed by atoms with Gasteiger partial charge in [0.05, 0.1) is 36.2 Å². The van der Waals surface area contributed by atoms with Crippen molar-refractivity contribution in [3.05, 3.63) is 47.8 Å². The van der Waals surface area contributed by atoms with Crippen molar-refractivity contribution < 1.29 is 37.8 Å². The van der Waals surface area contributed by atoms with E-state index < -0.39 is 76.4 Å². The molecule has 4 amide bonds. The minimum atomic E-state index is -2.33. The van der Waals surface area contributed by atoms with Gasteiger partial charge in [-0.15, -0.1) is 0 Å². The number of hydrazine groups is 1. The number of fused-ring (bicyclic) bond motifs is 6. The van der Waals surface area contributed by atoms with Crippen molar-refractivity contribution in [2.24, 2.45) is 11.3 Å². The van der Waals surface area contributed by atoms with Gasteiger partial charge in [-0.3, -0.25) is 38.9 Å². The van der Waals surface area contributed by atoms with Crippen molar-refractivity contribution in [2.45, 2.75) is 149 Å². The number of alkyl halides is 1. The minimum Gasteiger partial charge on any atom is -0.464 e. The van der Waals surface area contributed by atoms with Crippen LogP contribution in [-0.4, -0.2) is 161 Å². The number of aryl methyl sites for hydroxylation is 1. The standard InChI is InChI=1S/C55H78FN9O7/c1-13-64-44-19-18-37-30-40(44)41(48(64)39-16-14-24-57-46(39)35(2)3)32-53(6,7)34-72-51(69)42-17-15-25-65(59-42)50(68)43(31-38-33-63(37)28-29-71-38)58-49(67)47(36(4)5)61(12)52(70)55(56)22-26-62(27-23-55)45(66)20-21-54(8,9)60(10)11/h14,16,18-19,24,30,35-36,38,42-43,47,59H,13,15,17,22-23,25-29,31-34H2,1-12H3,(H,58,67)/t38-,42-,43-,47-/m0/s1. The van der Waals surface area contributed by atoms with E-state index in [0.717, 1.165) is 50.5 Å². The van der Waals surface area contributed by atoms with Gasteiger partial charge < -0.3 is 34.1 Å². The lowest BCUT2D eigenvalue weighted by atomic mass is 9.84. The summed E-state index contributed by atoms with van der Waals surface area (Å²) in [7, 11) is 5.15. The Labute approximate surface area is 425 Å². The van der Waals surface area contributed by atoms with E-state index in [1.54, 1.807) is 13.8 Å². The number of amides is 4. The molecule has 0 aliphatic carbocycles. The normalized spacial score (nSPS) is 22.3. The maximum absolute atomic E-state index is 16.8. The Morgan fingerprint density at radius 2 is 1.76 bits per heavy atom. The summed E-state index contributed by atoms with van der Waals surface area (Å²) in [5.74, 6) is 2.50. The first-order valence-corrected chi connectivity index (χ1v) is 25.9. The largest absolute Gasteiger partial charge is 0.464 e. The van der Waals surface area contributed by atoms with Crippen molar-refractivity contribution in [2.75, 3.05) is 72.0 Å². The number of carbonyl (C=O) groups is 5. The number of benzene rings is 1. The number of carbonyl (C=O) groups excluding carboxylic acids is 5. The van der Waals surface area contributed by atoms with Gasteiger partial charge in [0.2, 0.25) is 5.91 Å². The molecular weight excluding hydrogens is 918 g/mol. The topological polar surface area (TPSA) is 162 Å². The van der Waals surface area contributed by atoms with E-state index in [4.69, 9.17) is 14.5 Å². The van der Waals surface area contributed by atoms with Gasteiger partial charge in [0.15, 0.2) is 5.67 Å². The summed E-state index contributed by atoms with van der Waals surface area (Å²) in [6, 6.07) is 7.57. The molecule has 2 aromatic heterocycles. The van der Waals surface area contributed by atoms with Crippen LogP contribution in [0.1, 0.15) is 112 Å². The number of morpholine rings is 1. The van der Waals surface area contributed by atoms with E-state index in [-0.39, 0.29) is 51.4 Å². The Balaban J connectivity index is 1.18. The van der Waals surface area contributed by atoms with Gasteiger partial charge in [0, 0.05) is 99.3 Å². The molecule has 2 N–H and O–H groups in total. The lowest BCUT2D eigenvalue weighted by Gasteiger charge is -2.41. The zero-order chi connectivity index (χ0) is 52.4. The van der Waals surface area contributed by atoms with Crippen molar-refractivity contribution in [1.82, 2.24) is 40.0 Å². The van der Waals surface area contributed by atoms with Gasteiger partial charge in [-0.2, -0.15) is 0 Å². The third-order valence-electron chi connectivity index (χ3n) is 15.2. The second kappa shape index (κ2) is 21.9. The molecule has 6 bridgehead atoms. The number of aromatic nitrogens is 2. The van der Waals surface area contributed by atoms with Crippen molar-refractivity contribution >= 4 is 46.2 Å². The van der Waals surface area contributed by atoms with Crippen LogP contribution in [0.2, 0.25) is 0 Å². The summed E-state index contributed by atoms with van der Waals surface area (Å²) < 4.78 is 31.7. The Morgan fingerprint density at radius 1 is 1.04 bits per heavy atom. The molecule has 0 unspecified atom stereocenters. The molecular formula is C55H78FN9O7. The fourth-order valence-corrected chi connectivity index (χ4v) is 10.6. The van der Waals surface area contributed by atoms with E-state index in [2.05, 4.69) is 90.9 Å². The molecule has 16 nitrogen and oxygen atoms in total. The monoisotopic (exact) mass is 996 g/mol. The van der Waals surface area contributed by atoms with Crippen LogP contribution < -0.4 is 15.6 Å². The Bertz CT molecular complexity index is 2570. The Hall–Kier alpha value is -5.57. The first-order chi connectivity index (χ1) is 33.9. The molecule has 7 rings (SSSR count). The van der Waals surface area contributed by atoms with Crippen LogP contribution >= 0.6 is 0 Å². The molecule has 3 aromatic rings. The van der Waals surface area contributed by atoms with Gasteiger partial charge in [0.1, 0.15) is 18.1 Å². The van der Waals surface area contributed by atoms with Gasteiger partial charge in [0.25, 0.3) is 17.7 Å². The van der Waals surface area contributed by atoms with Crippen LogP contribution in [0.5, 0.6) is 0 Å². The molecule has 3 saturated heterocycles. The number of likely N-dealkylation sites (N-methyl/N-ethyl adjacent to an activating group) is 1. The van der Waals surface area contributed by atoms with Crippen molar-refractivity contribution in [3.63, 3.8) is 0 Å². The van der Waals surface area contributed by atoms with Gasteiger partial charge in [-0.05, 0) is 108 Å². The smallest absolute Gasteiger partial charge is 0.324 e. The number of cyclic esters (lactones) is 1. The first kappa shape index (κ1) is 54.2. The van der Waals surface area contributed by atoms with Crippen LogP contribution in [0.3, 0.4) is 0 Å². The Morgan fingerprint density at radius 3 is 2.43 bits per heavy atom. The highest BCUT2D eigenvalue weighted by Crippen LogP contribution is 2.42. The van der Waals surface area contributed by atoms with Crippen LogP contribution in [0.25, 0.3) is 22.2 Å². The average Bonchev–Trinajstić information content (AvgIpc) is 3.65. The molecule has 6 heterocycles. The quantitative estimate of drug-likeness (QED) is 0.200. The summed E-state index contributed by atoms with van der Waals surface area (Å²) >= 11 is 0. The molecule has 17 heteroatoms. The molecule has 1 aromatic carbocycles. The first-order valence-electron chi connectivity index (χ1n) is 25.9. The molecule has 0 spiro atoms. The molecule has 72 heavy (non-hydrogen) atoms. The fourth-order valence-electron chi connectivity index (χ4n) is 10.6. The van der Waals surface area contributed by atoms with E-state index in [0.29, 0.717) is 39.0 Å². The van der Waals surface area contributed by atoms with E-state index in [9.17, 15) is 24.0 Å². The van der Waals surface area contributed by atoms with Gasteiger partial charge in [-0.1, -0.05) is 47.5 Å². The maximum atomic E-state index is 16.8. The van der Waals surface area contributed by atoms with E-state index >= 15 is 4.39 Å². The zero-order valence-electron chi connectivity index (χ0n) is 44.7. The second-order valence-corrected chi connectivity index (χ2v) is 22.4. The van der Waals surface area contributed by atoms with Gasteiger partial charge in [-0.25, -0.2) is 9.82 Å². The molecule has 4 aliphatic rings. The lowest BCUT2D eigenvalue weighted by molar-refractivity contribution is -0.156. The lowest BCUT2D eigenvalue weighted by Crippen LogP contribution is -2.63. The number of pyridine rings is 1. The summed E-state index contributed by atoms with van der Waals surface area (Å²) in [4.78, 5) is 82.2. The second-order valence-electron chi connectivity index (χ2n) is 22.4. The third-order valence-corrected chi connectivity index (χ3v) is 15.2. The summed E-state index contributed by atoms with van der Waals surface area (Å²) in [5.41, 5.74) is 6.18. The van der Waals surface area contributed by atoms with E-state index in [1.807, 2.05) is 45.1 Å². The highest BCUT2D eigenvalue weighted by atomic mass is 19.1. The summed E-state index contributed by atoms with van der Waals surface area (Å²) in [6.07, 6.45) is 2.47. The SMILES string of the molecule is CCn1c(-c2cccnc2C(C)C)c2c3cc(ccc31)N1CCO[C@@H](C[C@H](NC(=O)[C@H](C(C)C)N(C)C(=O)C3(F)CCN(C(=O)C#CC(C)(C)N(C)C)CC3)C(=O)N3CCC[C@H](N3)C(=O)OCC(C)(C)C2)C1. The predicted molar refractivity (Wildman–Crippen MR) is 276 cm³/mol. The van der Waals surface area contributed by atoms with Gasteiger partial charge >= 0.3 is 5.97 Å². The Kier molecular flexibility index (Phi) is 16.5. The number of halogens is 1. The molecule has 3 fully saturated rings. The third kappa shape index (κ3) is 11.6. The predicted octanol–water partition coefficient (Wildman–Crippen LogP) is 5.71. The minimum absolute atomic E-state index is 0.0132. The summed E-state index contributed by atoms with van der Waals surface area (Å²) in [6.45, 7) is 20.5. The molecule has 0 saturated carbocycles. The average molecular weight is 996 g/mol. The van der Waals surface area contributed by atoms with Crippen molar-refractivity contribution in [3.8, 4) is 23.1 Å². The number of ether oxygens (including phenoxy) is 2. The number of hydrogen-bond acceptors (Lipinski definition) is 11. The number of hydrogen-bond donors (Lipinski definition) is 2. The van der Waals surface area contributed by atoms with Crippen LogP contribution in [-0.2, 0) is 46.4 Å². The number of likely N-dealkylation sites (tertiary alicyclic amines) is 1. The number of esters is 1. The fraction of sp³-hybridized carbons (Fsp3) is 0.636.